The number of methoxy groups -OCH3 is 1. The minimum absolute atomic E-state index is 0.0826. The summed E-state index contributed by atoms with van der Waals surface area (Å²) in [5.74, 6) is 0.550. The fourth-order valence-corrected chi connectivity index (χ4v) is 3.02. The van der Waals surface area contributed by atoms with Gasteiger partial charge in [0.25, 0.3) is 0 Å². The third-order valence-corrected chi connectivity index (χ3v) is 4.08. The molecule has 0 N–H and O–H groups in total. The van der Waals surface area contributed by atoms with Crippen molar-refractivity contribution in [3.8, 4) is 0 Å². The number of nitrogens with zero attached hydrogens (tertiary/aromatic N) is 1. The molecule has 2 rings (SSSR count). The number of benzene rings is 1. The Morgan fingerprint density at radius 2 is 2.30 bits per heavy atom. The lowest BCUT2D eigenvalue weighted by Crippen LogP contribution is -2.35. The Morgan fingerprint density at radius 3 is 3.05 bits per heavy atom. The molecule has 0 saturated carbocycles. The van der Waals surface area contributed by atoms with Gasteiger partial charge in [-0.2, -0.15) is 0 Å². The van der Waals surface area contributed by atoms with E-state index in [0.29, 0.717) is 12.3 Å². The molecule has 0 aromatic heterocycles. The lowest BCUT2D eigenvalue weighted by molar-refractivity contribution is -0.141. The van der Waals surface area contributed by atoms with Gasteiger partial charge in [-0.05, 0) is 44.2 Å². The van der Waals surface area contributed by atoms with Crippen LogP contribution in [-0.2, 0) is 16.1 Å². The molecular weight excluding hydrogens is 250 g/mol. The van der Waals surface area contributed by atoms with Gasteiger partial charge in [0.15, 0.2) is 0 Å². The molecule has 1 aliphatic rings. The summed E-state index contributed by atoms with van der Waals surface area (Å²) in [6.07, 6.45) is 3.98. The van der Waals surface area contributed by atoms with E-state index in [0.717, 1.165) is 19.5 Å². The van der Waals surface area contributed by atoms with E-state index >= 15 is 0 Å². The molecule has 0 spiro atoms. The second-order valence-electron chi connectivity index (χ2n) is 5.85. The van der Waals surface area contributed by atoms with Gasteiger partial charge in [-0.25, -0.2) is 0 Å². The van der Waals surface area contributed by atoms with Gasteiger partial charge in [-0.1, -0.05) is 29.8 Å². The van der Waals surface area contributed by atoms with E-state index < -0.39 is 0 Å². The zero-order valence-corrected chi connectivity index (χ0v) is 12.6. The average Bonchev–Trinajstić information content (AvgIpc) is 2.45. The van der Waals surface area contributed by atoms with Gasteiger partial charge in [0, 0.05) is 19.5 Å². The maximum absolute atomic E-state index is 11.2. The largest absolute Gasteiger partial charge is 0.469 e. The molecule has 3 heteroatoms. The molecule has 1 heterocycles. The topological polar surface area (TPSA) is 29.5 Å². The number of carbonyl (C=O) groups excluding carboxylic acids is 1. The number of ether oxygens (including phenoxy) is 1. The monoisotopic (exact) mass is 275 g/mol. The van der Waals surface area contributed by atoms with Crippen LogP contribution in [0.25, 0.3) is 0 Å². The standard InChI is InChI=1S/C17H25NO2/c1-14-5-3-6-16(11-14)13-18-10-4-7-15(12-18)8-9-17(19)20-2/h3,5-6,11,15H,4,7-10,12-13H2,1-2H3. The summed E-state index contributed by atoms with van der Waals surface area (Å²) in [6.45, 7) is 5.43. The summed E-state index contributed by atoms with van der Waals surface area (Å²) >= 11 is 0. The molecular formula is C17H25NO2. The van der Waals surface area contributed by atoms with Crippen LogP contribution in [-0.4, -0.2) is 31.1 Å². The van der Waals surface area contributed by atoms with Gasteiger partial charge in [0.1, 0.15) is 0 Å². The van der Waals surface area contributed by atoms with Gasteiger partial charge < -0.3 is 4.74 Å². The minimum Gasteiger partial charge on any atom is -0.469 e. The van der Waals surface area contributed by atoms with E-state index in [1.54, 1.807) is 0 Å². The average molecular weight is 275 g/mol. The molecule has 1 unspecified atom stereocenters. The van der Waals surface area contributed by atoms with E-state index in [2.05, 4.69) is 36.1 Å². The van der Waals surface area contributed by atoms with Crippen molar-refractivity contribution < 1.29 is 9.53 Å². The van der Waals surface area contributed by atoms with Crippen molar-refractivity contribution in [3.63, 3.8) is 0 Å². The van der Waals surface area contributed by atoms with Crippen molar-refractivity contribution in [2.45, 2.75) is 39.2 Å². The maximum atomic E-state index is 11.2. The highest BCUT2D eigenvalue weighted by Gasteiger charge is 2.20. The normalized spacial score (nSPS) is 19.8. The highest BCUT2D eigenvalue weighted by molar-refractivity contribution is 5.69. The number of rotatable bonds is 5. The van der Waals surface area contributed by atoms with Crippen LogP contribution in [0.3, 0.4) is 0 Å². The molecule has 1 atom stereocenters. The second kappa shape index (κ2) is 7.44. The Hall–Kier alpha value is -1.35. The van der Waals surface area contributed by atoms with Crippen LogP contribution in [0.4, 0.5) is 0 Å². The van der Waals surface area contributed by atoms with Crippen LogP contribution in [0.1, 0.15) is 36.8 Å². The predicted octanol–water partition coefficient (Wildman–Crippen LogP) is 3.16. The summed E-state index contributed by atoms with van der Waals surface area (Å²) < 4.78 is 4.72. The van der Waals surface area contributed by atoms with Crippen LogP contribution >= 0.6 is 0 Å². The number of carbonyl (C=O) groups is 1. The first-order valence-electron chi connectivity index (χ1n) is 7.52. The Balaban J connectivity index is 1.82. The van der Waals surface area contributed by atoms with Crippen LogP contribution in [0, 0.1) is 12.8 Å². The lowest BCUT2D eigenvalue weighted by Gasteiger charge is -2.32. The van der Waals surface area contributed by atoms with Crippen molar-refractivity contribution in [2.75, 3.05) is 20.2 Å². The fraction of sp³-hybridized carbons (Fsp3) is 0.588. The number of hydrogen-bond acceptors (Lipinski definition) is 3. The second-order valence-corrected chi connectivity index (χ2v) is 5.85. The van der Waals surface area contributed by atoms with E-state index in [9.17, 15) is 4.79 Å². The number of esters is 1. The van der Waals surface area contributed by atoms with Crippen LogP contribution < -0.4 is 0 Å². The van der Waals surface area contributed by atoms with E-state index in [1.165, 1.54) is 37.6 Å². The van der Waals surface area contributed by atoms with E-state index in [1.807, 2.05) is 0 Å². The zero-order chi connectivity index (χ0) is 14.4. The van der Waals surface area contributed by atoms with Crippen LogP contribution in [0.15, 0.2) is 24.3 Å². The first-order valence-corrected chi connectivity index (χ1v) is 7.52. The fourth-order valence-electron chi connectivity index (χ4n) is 3.02. The minimum atomic E-state index is -0.0826. The van der Waals surface area contributed by atoms with Gasteiger partial charge in [-0.15, -0.1) is 0 Å². The molecule has 1 saturated heterocycles. The number of aryl methyl sites for hydroxylation is 1. The maximum Gasteiger partial charge on any atom is 0.305 e. The van der Waals surface area contributed by atoms with Crippen LogP contribution in [0.2, 0.25) is 0 Å². The highest BCUT2D eigenvalue weighted by atomic mass is 16.5. The van der Waals surface area contributed by atoms with Gasteiger partial charge in [-0.3, -0.25) is 9.69 Å². The van der Waals surface area contributed by atoms with Gasteiger partial charge >= 0.3 is 5.97 Å². The number of hydrogen-bond donors (Lipinski definition) is 0. The molecule has 1 aromatic carbocycles. The quantitative estimate of drug-likeness (QED) is 0.773. The van der Waals surface area contributed by atoms with Crippen molar-refractivity contribution in [1.82, 2.24) is 4.90 Å². The summed E-state index contributed by atoms with van der Waals surface area (Å²) in [4.78, 5) is 13.7. The van der Waals surface area contributed by atoms with Gasteiger partial charge in [0.05, 0.1) is 7.11 Å². The molecule has 1 aromatic rings. The predicted molar refractivity (Wildman–Crippen MR) is 80.4 cm³/mol. The molecule has 110 valence electrons. The lowest BCUT2D eigenvalue weighted by atomic mass is 9.93. The molecule has 0 bridgehead atoms. The zero-order valence-electron chi connectivity index (χ0n) is 12.6. The summed E-state index contributed by atoms with van der Waals surface area (Å²) in [5.41, 5.74) is 2.71. The first kappa shape index (κ1) is 15.0. The smallest absolute Gasteiger partial charge is 0.305 e. The van der Waals surface area contributed by atoms with Gasteiger partial charge in [0.2, 0.25) is 0 Å². The molecule has 1 fully saturated rings. The van der Waals surface area contributed by atoms with E-state index in [4.69, 9.17) is 4.74 Å². The Morgan fingerprint density at radius 1 is 1.45 bits per heavy atom. The Labute approximate surface area is 121 Å². The van der Waals surface area contributed by atoms with E-state index in [-0.39, 0.29) is 5.97 Å². The molecule has 0 radical (unpaired) electrons. The Kier molecular flexibility index (Phi) is 5.60. The molecule has 3 nitrogen and oxygen atoms in total. The summed E-state index contributed by atoms with van der Waals surface area (Å²) in [5, 5.41) is 0. The first-order chi connectivity index (χ1) is 9.67. The summed E-state index contributed by atoms with van der Waals surface area (Å²) in [7, 11) is 1.47. The van der Waals surface area contributed by atoms with Crippen molar-refractivity contribution >= 4 is 5.97 Å². The summed E-state index contributed by atoms with van der Waals surface area (Å²) in [6, 6.07) is 8.73. The Bertz CT molecular complexity index is 444. The third-order valence-electron chi connectivity index (χ3n) is 4.08. The van der Waals surface area contributed by atoms with Crippen molar-refractivity contribution in [3.05, 3.63) is 35.4 Å². The molecule has 1 aliphatic heterocycles. The molecule has 20 heavy (non-hydrogen) atoms. The molecule has 0 amide bonds. The SMILES string of the molecule is COC(=O)CCC1CCCN(Cc2cccc(C)c2)C1. The number of piperidine rings is 1. The van der Waals surface area contributed by atoms with Crippen LogP contribution in [0.5, 0.6) is 0 Å². The third kappa shape index (κ3) is 4.64. The highest BCUT2D eigenvalue weighted by Crippen LogP contribution is 2.22. The van der Waals surface area contributed by atoms with Crippen molar-refractivity contribution in [2.24, 2.45) is 5.92 Å². The number of likely N-dealkylation sites (tertiary alicyclic amines) is 1. The van der Waals surface area contributed by atoms with Crippen molar-refractivity contribution in [1.29, 1.82) is 0 Å². The molecule has 0 aliphatic carbocycles.